The minimum atomic E-state index is -1.66. The van der Waals surface area contributed by atoms with Crippen molar-refractivity contribution in [2.45, 2.75) is 287 Å². The number of rotatable bonds is 42. The highest BCUT2D eigenvalue weighted by Gasteiger charge is 2.44. The molecule has 352 valence electrons. The van der Waals surface area contributed by atoms with Crippen molar-refractivity contribution in [1.29, 1.82) is 0 Å². The third-order valence-electron chi connectivity index (χ3n) is 12.4. The molecule has 59 heavy (non-hydrogen) atoms. The summed E-state index contributed by atoms with van der Waals surface area (Å²) in [5.74, 6) is -0.693. The van der Waals surface area contributed by atoms with Crippen LogP contribution in [0.1, 0.15) is 232 Å². The van der Waals surface area contributed by atoms with Crippen LogP contribution in [0, 0.1) is 0 Å². The monoisotopic (exact) mass is 846 g/mol. The van der Waals surface area contributed by atoms with Gasteiger partial charge < -0.3 is 50.5 Å². The SMILES string of the molecule is CCCCCCCCCCCCCCCCCCC(O)C(=O)NC(COC1OC(CO)C(O)C(O)C1O)C(O)C(O)CCCCCCCCCCCCCCCCCC. The van der Waals surface area contributed by atoms with E-state index in [2.05, 4.69) is 19.2 Å². The summed E-state index contributed by atoms with van der Waals surface area (Å²) >= 11 is 0. The number of amides is 1. The average molecular weight is 846 g/mol. The molecule has 1 amide bonds. The molecule has 0 spiro atoms. The Hall–Kier alpha value is -0.890. The molecule has 11 nitrogen and oxygen atoms in total. The van der Waals surface area contributed by atoms with E-state index in [0.29, 0.717) is 19.3 Å². The summed E-state index contributed by atoms with van der Waals surface area (Å²) in [6.45, 7) is 3.46. The van der Waals surface area contributed by atoms with Crippen LogP contribution in [0.2, 0.25) is 0 Å². The Morgan fingerprint density at radius 1 is 0.525 bits per heavy atom. The lowest BCUT2D eigenvalue weighted by Gasteiger charge is -2.40. The minimum absolute atomic E-state index is 0.266. The van der Waals surface area contributed by atoms with E-state index in [1.807, 2.05) is 0 Å². The largest absolute Gasteiger partial charge is 0.394 e. The lowest BCUT2D eigenvalue weighted by molar-refractivity contribution is -0.303. The average Bonchev–Trinajstić information content (AvgIpc) is 3.23. The van der Waals surface area contributed by atoms with E-state index >= 15 is 0 Å². The van der Waals surface area contributed by atoms with E-state index in [1.165, 1.54) is 154 Å². The number of ether oxygens (including phenoxy) is 2. The summed E-state index contributed by atoms with van der Waals surface area (Å²) in [6, 6.07) is -1.16. The first kappa shape index (κ1) is 56.1. The van der Waals surface area contributed by atoms with Crippen molar-refractivity contribution >= 4 is 5.91 Å². The molecule has 9 atom stereocenters. The van der Waals surface area contributed by atoms with Gasteiger partial charge in [-0.3, -0.25) is 4.79 Å². The van der Waals surface area contributed by atoms with Crippen molar-refractivity contribution < 1.29 is 50.0 Å². The Balaban J connectivity index is 2.41. The summed E-state index contributed by atoms with van der Waals surface area (Å²) in [4.78, 5) is 13.1. The maximum Gasteiger partial charge on any atom is 0.249 e. The molecular weight excluding hydrogens is 751 g/mol. The molecule has 9 unspecified atom stereocenters. The van der Waals surface area contributed by atoms with Crippen LogP contribution in [-0.2, 0) is 14.3 Å². The van der Waals surface area contributed by atoms with E-state index in [0.717, 1.165) is 38.5 Å². The van der Waals surface area contributed by atoms with E-state index < -0.39 is 74.2 Å². The third kappa shape index (κ3) is 28.4. The summed E-state index contributed by atoms with van der Waals surface area (Å²) in [6.07, 6.45) is 28.5. The van der Waals surface area contributed by atoms with Crippen LogP contribution < -0.4 is 5.32 Å². The molecule has 1 saturated heterocycles. The van der Waals surface area contributed by atoms with Gasteiger partial charge >= 0.3 is 0 Å². The van der Waals surface area contributed by atoms with Crippen LogP contribution >= 0.6 is 0 Å². The van der Waals surface area contributed by atoms with Crippen molar-refractivity contribution in [3.63, 3.8) is 0 Å². The smallest absolute Gasteiger partial charge is 0.249 e. The summed E-state index contributed by atoms with van der Waals surface area (Å²) < 4.78 is 11.1. The Kier molecular flexibility index (Phi) is 36.9. The molecule has 0 bridgehead atoms. The van der Waals surface area contributed by atoms with Gasteiger partial charge in [-0.2, -0.15) is 0 Å². The third-order valence-corrected chi connectivity index (χ3v) is 12.4. The lowest BCUT2D eigenvalue weighted by Crippen LogP contribution is -2.60. The van der Waals surface area contributed by atoms with Crippen molar-refractivity contribution in [2.75, 3.05) is 13.2 Å². The number of carbonyl (C=O) groups excluding carboxylic acids is 1. The molecule has 0 aliphatic carbocycles. The van der Waals surface area contributed by atoms with Gasteiger partial charge in [-0.05, 0) is 12.8 Å². The lowest BCUT2D eigenvalue weighted by atomic mass is 9.98. The van der Waals surface area contributed by atoms with E-state index in [9.17, 15) is 40.5 Å². The maximum atomic E-state index is 13.1. The highest BCUT2D eigenvalue weighted by molar-refractivity contribution is 5.80. The van der Waals surface area contributed by atoms with Crippen molar-refractivity contribution in [3.05, 3.63) is 0 Å². The van der Waals surface area contributed by atoms with Gasteiger partial charge in [-0.15, -0.1) is 0 Å². The van der Waals surface area contributed by atoms with Crippen LogP contribution in [0.3, 0.4) is 0 Å². The Morgan fingerprint density at radius 3 is 1.25 bits per heavy atom. The number of hydrogen-bond acceptors (Lipinski definition) is 10. The van der Waals surface area contributed by atoms with Gasteiger partial charge in [0, 0.05) is 0 Å². The molecule has 1 fully saturated rings. The van der Waals surface area contributed by atoms with Crippen LogP contribution in [0.5, 0.6) is 0 Å². The molecule has 0 saturated carbocycles. The molecule has 0 aromatic heterocycles. The zero-order valence-corrected chi connectivity index (χ0v) is 38.0. The normalized spacial score (nSPS) is 21.7. The van der Waals surface area contributed by atoms with Crippen LogP contribution in [0.25, 0.3) is 0 Å². The quantitative estimate of drug-likeness (QED) is 0.0276. The van der Waals surface area contributed by atoms with Gasteiger partial charge in [-0.1, -0.05) is 219 Å². The molecule has 0 aromatic rings. The second-order valence-corrected chi connectivity index (χ2v) is 17.9. The van der Waals surface area contributed by atoms with Crippen LogP contribution in [-0.4, -0.2) is 110 Å². The number of aliphatic hydroxyl groups is 7. The Morgan fingerprint density at radius 2 is 0.881 bits per heavy atom. The van der Waals surface area contributed by atoms with E-state index in [4.69, 9.17) is 9.47 Å². The second kappa shape index (κ2) is 38.8. The molecule has 1 heterocycles. The van der Waals surface area contributed by atoms with E-state index in [1.54, 1.807) is 0 Å². The van der Waals surface area contributed by atoms with Gasteiger partial charge in [0.1, 0.15) is 36.6 Å². The number of aliphatic hydroxyl groups excluding tert-OH is 7. The highest BCUT2D eigenvalue weighted by Crippen LogP contribution is 2.23. The second-order valence-electron chi connectivity index (χ2n) is 17.9. The van der Waals surface area contributed by atoms with Crippen molar-refractivity contribution in [1.82, 2.24) is 5.32 Å². The first-order valence-corrected chi connectivity index (χ1v) is 24.9. The number of nitrogens with one attached hydrogen (secondary N) is 1. The molecular formula is C48H95NO10. The fourth-order valence-corrected chi connectivity index (χ4v) is 8.27. The fourth-order valence-electron chi connectivity index (χ4n) is 8.27. The predicted octanol–water partition coefficient (Wildman–Crippen LogP) is 8.67. The molecule has 0 radical (unpaired) electrons. The number of unbranched alkanes of at least 4 members (excludes halogenated alkanes) is 30. The predicted molar refractivity (Wildman–Crippen MR) is 238 cm³/mol. The van der Waals surface area contributed by atoms with Crippen LogP contribution in [0.4, 0.5) is 0 Å². The van der Waals surface area contributed by atoms with E-state index in [-0.39, 0.29) is 6.42 Å². The van der Waals surface area contributed by atoms with Crippen molar-refractivity contribution in [2.24, 2.45) is 0 Å². The molecule has 8 N–H and O–H groups in total. The highest BCUT2D eigenvalue weighted by atomic mass is 16.7. The first-order chi connectivity index (χ1) is 28.7. The zero-order valence-electron chi connectivity index (χ0n) is 38.0. The number of carbonyl (C=O) groups is 1. The maximum absolute atomic E-state index is 13.1. The Labute approximate surface area is 360 Å². The molecule has 0 aromatic carbocycles. The van der Waals surface area contributed by atoms with Gasteiger partial charge in [0.05, 0.1) is 25.4 Å². The topological polar surface area (TPSA) is 189 Å². The van der Waals surface area contributed by atoms with Gasteiger partial charge in [0.15, 0.2) is 6.29 Å². The molecule has 1 aliphatic rings. The Bertz CT molecular complexity index is 928. The number of hydrogen-bond donors (Lipinski definition) is 8. The van der Waals surface area contributed by atoms with Crippen LogP contribution in [0.15, 0.2) is 0 Å². The molecule has 11 heteroatoms. The van der Waals surface area contributed by atoms with Crippen molar-refractivity contribution in [3.8, 4) is 0 Å². The van der Waals surface area contributed by atoms with Gasteiger partial charge in [0.25, 0.3) is 0 Å². The zero-order chi connectivity index (χ0) is 43.4. The van der Waals surface area contributed by atoms with Gasteiger partial charge in [-0.25, -0.2) is 0 Å². The first-order valence-electron chi connectivity index (χ1n) is 24.9. The van der Waals surface area contributed by atoms with Gasteiger partial charge in [0.2, 0.25) is 5.91 Å². The fraction of sp³-hybridized carbons (Fsp3) is 0.979. The minimum Gasteiger partial charge on any atom is -0.394 e. The molecule has 1 rings (SSSR count). The standard InChI is InChI=1S/C48H95NO10/c1-3-5-7-9-11-13-15-17-19-21-23-25-27-29-31-33-35-40(51)43(53)39(38-58-48-46(56)45(55)44(54)42(37-50)59-48)49-47(57)41(52)36-34-32-30-28-26-24-22-20-18-16-14-12-10-8-6-4-2/h39-46,48,50-56H,3-38H2,1-2H3,(H,49,57). The summed E-state index contributed by atoms with van der Waals surface area (Å²) in [7, 11) is 0. The summed E-state index contributed by atoms with van der Waals surface area (Å²) in [5.41, 5.74) is 0. The molecule has 1 aliphatic heterocycles. The summed E-state index contributed by atoms with van der Waals surface area (Å²) in [5, 5.41) is 75.8.